The van der Waals surface area contributed by atoms with Gasteiger partial charge in [0.15, 0.2) is 0 Å². The summed E-state index contributed by atoms with van der Waals surface area (Å²) in [4.78, 5) is 71.7. The number of nitrogens with one attached hydrogen (secondary N) is 4. The minimum atomic E-state index is -3.04. The number of carbonyl (C=O) groups excluding carboxylic acids is 6. The first kappa shape index (κ1) is 34.2. The van der Waals surface area contributed by atoms with E-state index in [1.165, 1.54) is 24.3 Å². The summed E-state index contributed by atoms with van der Waals surface area (Å²) >= 11 is -2.12. The van der Waals surface area contributed by atoms with Gasteiger partial charge in [0, 0.05) is 12.0 Å². The molecule has 0 aromatic heterocycles. The number of halogens is 1. The number of carboxylic acids is 2. The number of amides is 4. The third-order valence-corrected chi connectivity index (χ3v) is 7.94. The zero-order chi connectivity index (χ0) is 31.2. The normalized spacial score (nSPS) is 12.1. The third-order valence-electron chi connectivity index (χ3n) is 5.31. The first-order valence-corrected chi connectivity index (χ1v) is 15.8. The quantitative estimate of drug-likeness (QED) is 0.0940. The SMILES string of the molecule is O=C([O-])CNC(=O)[C@H](CSCC(=O)Nc1ccc([As](O)O)cc1)NC(=O)CC[C@H](NC(=O)c1ccc([18F])cc1)C(=O)[O-]. The van der Waals surface area contributed by atoms with Gasteiger partial charge >= 0.3 is 130 Å². The molecular formula is C25H26AsFN4O10S-2. The molecule has 226 valence electrons. The summed E-state index contributed by atoms with van der Waals surface area (Å²) in [5.41, 5.74) is 0.353. The molecule has 14 nitrogen and oxygen atoms in total. The number of rotatable bonds is 16. The Morgan fingerprint density at radius 1 is 0.881 bits per heavy atom. The Morgan fingerprint density at radius 3 is 2.10 bits per heavy atom. The van der Waals surface area contributed by atoms with Gasteiger partial charge in [0.2, 0.25) is 0 Å². The smallest absolute Gasteiger partial charge is 0.548 e. The van der Waals surface area contributed by atoms with Gasteiger partial charge in [-0.3, -0.25) is 9.59 Å². The maximum absolute atomic E-state index is 13.1. The van der Waals surface area contributed by atoms with E-state index < -0.39 is 88.2 Å². The van der Waals surface area contributed by atoms with Crippen molar-refractivity contribution in [2.24, 2.45) is 0 Å². The molecule has 2 rings (SSSR count). The minimum absolute atomic E-state index is 0.0273. The second kappa shape index (κ2) is 17.1. The molecule has 0 unspecified atom stereocenters. The van der Waals surface area contributed by atoms with Gasteiger partial charge in [-0.1, -0.05) is 0 Å². The van der Waals surface area contributed by atoms with Crippen molar-refractivity contribution < 1.29 is 51.6 Å². The molecule has 0 radical (unpaired) electrons. The van der Waals surface area contributed by atoms with Crippen molar-refractivity contribution in [2.75, 3.05) is 23.4 Å². The van der Waals surface area contributed by atoms with Crippen LogP contribution < -0.4 is 35.8 Å². The van der Waals surface area contributed by atoms with E-state index in [-0.39, 0.29) is 17.1 Å². The zero-order valence-corrected chi connectivity index (χ0v) is 24.4. The van der Waals surface area contributed by atoms with Crippen LogP contribution in [0.15, 0.2) is 48.5 Å². The van der Waals surface area contributed by atoms with E-state index in [0.29, 0.717) is 10.0 Å². The van der Waals surface area contributed by atoms with E-state index in [4.69, 9.17) is 0 Å². The van der Waals surface area contributed by atoms with Crippen LogP contribution in [0, 0.1) is 5.82 Å². The maximum atomic E-state index is 13.1. The van der Waals surface area contributed by atoms with Crippen molar-refractivity contribution >= 4 is 72.7 Å². The van der Waals surface area contributed by atoms with Gasteiger partial charge < -0.3 is 25.1 Å². The van der Waals surface area contributed by atoms with Crippen molar-refractivity contribution in [3.63, 3.8) is 0 Å². The fourth-order valence-corrected chi connectivity index (χ4v) is 4.96. The Morgan fingerprint density at radius 2 is 1.52 bits per heavy atom. The summed E-state index contributed by atoms with van der Waals surface area (Å²) in [5.74, 6) is -7.27. The number of benzene rings is 2. The van der Waals surface area contributed by atoms with Crippen LogP contribution in [-0.4, -0.2) is 89.2 Å². The summed E-state index contributed by atoms with van der Waals surface area (Å²) in [6.07, 6.45) is -0.919. The number of anilines is 1. The van der Waals surface area contributed by atoms with Gasteiger partial charge in [-0.2, -0.15) is 0 Å². The summed E-state index contributed by atoms with van der Waals surface area (Å²) < 4.78 is 32.0. The van der Waals surface area contributed by atoms with Crippen molar-refractivity contribution in [2.45, 2.75) is 24.9 Å². The number of aliphatic carboxylic acids is 2. The molecule has 17 heteroatoms. The minimum Gasteiger partial charge on any atom is -0.548 e. The van der Waals surface area contributed by atoms with Crippen LogP contribution in [0.1, 0.15) is 23.2 Å². The summed E-state index contributed by atoms with van der Waals surface area (Å²) in [6, 6.07) is 7.22. The summed E-state index contributed by atoms with van der Waals surface area (Å²) in [6.45, 7) is -0.847. The Labute approximate surface area is 248 Å². The Hall–Kier alpha value is -3.98. The first-order valence-electron chi connectivity index (χ1n) is 12.1. The monoisotopic (exact) mass is 667 g/mol. The Bertz CT molecular complexity index is 1280. The van der Waals surface area contributed by atoms with Gasteiger partial charge in [0.05, 0.1) is 24.5 Å². The van der Waals surface area contributed by atoms with Gasteiger partial charge in [-0.15, -0.1) is 0 Å². The number of carboxylic acid groups (broad SMARTS) is 2. The van der Waals surface area contributed by atoms with Crippen LogP contribution in [0.3, 0.4) is 0 Å². The molecule has 2 aromatic carbocycles. The number of thioether (sulfide) groups is 1. The van der Waals surface area contributed by atoms with Gasteiger partial charge in [-0.05, 0) is 30.7 Å². The molecule has 0 fully saturated rings. The van der Waals surface area contributed by atoms with Crippen molar-refractivity contribution in [3.05, 3.63) is 59.9 Å². The molecule has 6 N–H and O–H groups in total. The fraction of sp³-hybridized carbons (Fsp3) is 0.280. The van der Waals surface area contributed by atoms with Crippen LogP contribution in [0.4, 0.5) is 10.1 Å². The van der Waals surface area contributed by atoms with Gasteiger partial charge in [0.25, 0.3) is 5.91 Å². The van der Waals surface area contributed by atoms with Crippen LogP contribution in [0.25, 0.3) is 0 Å². The van der Waals surface area contributed by atoms with Crippen molar-refractivity contribution in [1.82, 2.24) is 16.0 Å². The molecular weight excluding hydrogens is 641 g/mol. The molecule has 0 bridgehead atoms. The van der Waals surface area contributed by atoms with E-state index in [0.717, 1.165) is 36.0 Å². The van der Waals surface area contributed by atoms with Gasteiger partial charge in [0.1, 0.15) is 5.82 Å². The standard InChI is InChI=1S/C25H28AsFN4O10S/c27-16-5-1-14(2-6-16)23(36)31-18(25(38)39)9-10-20(32)30-19(24(37)28-11-22(34)35)12-42-13-21(33)29-17-7-3-15(4-8-17)26(40)41/h1-8,18-19,40-41H,9-13H2,(H,28,37)(H,29,33)(H,30,32)(H,31,36)(H,34,35)(H,38,39)/p-2/t18-,19-/m0/s1/i27-1. The molecule has 0 aliphatic carbocycles. The average Bonchev–Trinajstić information content (AvgIpc) is 2.93. The number of hydrogen-bond donors (Lipinski definition) is 6. The first-order chi connectivity index (χ1) is 19.8. The molecule has 42 heavy (non-hydrogen) atoms. The second-order valence-electron chi connectivity index (χ2n) is 8.50. The average molecular weight is 667 g/mol. The van der Waals surface area contributed by atoms with E-state index in [2.05, 4.69) is 21.3 Å². The molecule has 0 heterocycles. The Balaban J connectivity index is 1.93. The topological polar surface area (TPSA) is 237 Å². The van der Waals surface area contributed by atoms with Crippen LogP contribution >= 0.6 is 11.8 Å². The van der Waals surface area contributed by atoms with E-state index in [1.54, 1.807) is 0 Å². The zero-order valence-electron chi connectivity index (χ0n) is 21.7. The molecule has 2 atom stereocenters. The van der Waals surface area contributed by atoms with Crippen molar-refractivity contribution in [3.8, 4) is 0 Å². The number of hydrogen-bond acceptors (Lipinski definition) is 11. The van der Waals surface area contributed by atoms with E-state index >= 15 is 0 Å². The molecule has 0 aliphatic rings. The van der Waals surface area contributed by atoms with Crippen molar-refractivity contribution in [1.29, 1.82) is 0 Å². The van der Waals surface area contributed by atoms with Crippen LogP contribution in [-0.2, 0) is 24.0 Å². The predicted octanol–water partition coefficient (Wildman–Crippen LogP) is -4.14. The van der Waals surface area contributed by atoms with Crippen LogP contribution in [0.2, 0.25) is 0 Å². The predicted molar refractivity (Wildman–Crippen MR) is 144 cm³/mol. The Kier molecular flexibility index (Phi) is 13.9. The molecule has 0 aliphatic heterocycles. The number of carbonyl (C=O) groups is 6. The third kappa shape index (κ3) is 12.3. The fourth-order valence-electron chi connectivity index (χ4n) is 3.24. The molecule has 0 saturated carbocycles. The molecule has 0 saturated heterocycles. The second-order valence-corrected chi connectivity index (χ2v) is 11.8. The van der Waals surface area contributed by atoms with Gasteiger partial charge in [-0.25, -0.2) is 4.39 Å². The van der Waals surface area contributed by atoms with E-state index in [1.807, 2.05) is 0 Å². The summed E-state index contributed by atoms with van der Waals surface area (Å²) in [5, 5.41) is 31.3. The molecule has 0 spiro atoms. The molecule has 4 amide bonds. The summed E-state index contributed by atoms with van der Waals surface area (Å²) in [7, 11) is 0. The molecule has 2 aromatic rings. The van der Waals surface area contributed by atoms with Crippen LogP contribution in [0.5, 0.6) is 0 Å². The van der Waals surface area contributed by atoms with E-state index in [9.17, 15) is 51.6 Å².